The van der Waals surface area contributed by atoms with E-state index in [0.717, 1.165) is 0 Å². The van der Waals surface area contributed by atoms with Gasteiger partial charge in [-0.15, -0.1) is 0 Å². The topological polar surface area (TPSA) is 83.6 Å². The number of carbonyl (C=O) groups is 2. The zero-order valence-electron chi connectivity index (χ0n) is 9.83. The van der Waals surface area contributed by atoms with Gasteiger partial charge in [-0.2, -0.15) is 13.2 Å². The molecule has 2 unspecified atom stereocenters. The highest BCUT2D eigenvalue weighted by Gasteiger charge is 2.64. The van der Waals surface area contributed by atoms with E-state index in [2.05, 4.69) is 0 Å². The van der Waals surface area contributed by atoms with E-state index >= 15 is 0 Å². The van der Waals surface area contributed by atoms with Crippen LogP contribution in [0.5, 0.6) is 0 Å². The Bertz CT molecular complexity index is 359. The average molecular weight is 268 g/mol. The van der Waals surface area contributed by atoms with E-state index in [1.807, 2.05) is 0 Å². The van der Waals surface area contributed by atoms with Gasteiger partial charge in [0.05, 0.1) is 6.04 Å². The summed E-state index contributed by atoms with van der Waals surface area (Å²) >= 11 is 0. The summed E-state index contributed by atoms with van der Waals surface area (Å²) in [6.45, 7) is 0.782. The van der Waals surface area contributed by atoms with Crippen LogP contribution in [-0.4, -0.2) is 47.2 Å². The summed E-state index contributed by atoms with van der Waals surface area (Å²) in [6.07, 6.45) is -5.15. The van der Waals surface area contributed by atoms with E-state index in [0.29, 0.717) is 0 Å². The minimum Gasteiger partial charge on any atom is -0.481 e. The van der Waals surface area contributed by atoms with Gasteiger partial charge in [-0.05, 0) is 12.8 Å². The molecule has 0 aromatic carbocycles. The summed E-state index contributed by atoms with van der Waals surface area (Å²) in [6, 6.07) is -0.853. The van der Waals surface area contributed by atoms with Crippen molar-refractivity contribution in [1.82, 2.24) is 4.90 Å². The molecule has 1 fully saturated rings. The Labute approximate surface area is 102 Å². The van der Waals surface area contributed by atoms with Gasteiger partial charge in [0.1, 0.15) is 0 Å². The highest BCUT2D eigenvalue weighted by molar-refractivity contribution is 5.80. The number of aliphatic carboxylic acids is 1. The quantitative estimate of drug-likeness (QED) is 0.781. The average Bonchev–Trinajstić information content (AvgIpc) is 2.63. The highest BCUT2D eigenvalue weighted by Crippen LogP contribution is 2.46. The molecule has 1 rings (SSSR count). The van der Waals surface area contributed by atoms with Crippen molar-refractivity contribution in [2.45, 2.75) is 32.0 Å². The molecule has 8 heteroatoms. The molecule has 1 saturated heterocycles. The van der Waals surface area contributed by atoms with Crippen LogP contribution in [-0.2, 0) is 9.59 Å². The fourth-order valence-electron chi connectivity index (χ4n) is 2.27. The lowest BCUT2D eigenvalue weighted by molar-refractivity contribution is -0.228. The van der Waals surface area contributed by atoms with Crippen LogP contribution in [0.1, 0.15) is 19.8 Å². The standard InChI is InChI=1S/C10H15F3N2O3/c1-2-6(7(14)16)15-4-3-9(5-15,8(17)18)10(11,12)13/h6H,2-5H2,1H3,(H2,14,16)(H,17,18). The van der Waals surface area contributed by atoms with Crippen molar-refractivity contribution in [3.63, 3.8) is 0 Å². The SMILES string of the molecule is CCC(C(N)=O)N1CCC(C(=O)O)(C(F)(F)F)C1. The number of amides is 1. The molecular formula is C10H15F3N2O3. The Morgan fingerprint density at radius 3 is 2.33 bits per heavy atom. The molecule has 0 aromatic rings. The second-order valence-electron chi connectivity index (χ2n) is 4.43. The number of likely N-dealkylation sites (tertiary alicyclic amines) is 1. The Morgan fingerprint density at radius 1 is 1.50 bits per heavy atom. The summed E-state index contributed by atoms with van der Waals surface area (Å²) < 4.78 is 38.7. The van der Waals surface area contributed by atoms with Crippen molar-refractivity contribution < 1.29 is 27.9 Å². The molecule has 3 N–H and O–H groups in total. The van der Waals surface area contributed by atoms with Gasteiger partial charge in [-0.25, -0.2) is 0 Å². The molecule has 5 nitrogen and oxygen atoms in total. The van der Waals surface area contributed by atoms with Crippen LogP contribution in [0.15, 0.2) is 0 Å². The Hall–Kier alpha value is -1.31. The molecule has 0 spiro atoms. The number of hydrogen-bond donors (Lipinski definition) is 2. The predicted molar refractivity (Wildman–Crippen MR) is 55.6 cm³/mol. The van der Waals surface area contributed by atoms with Gasteiger partial charge in [0.25, 0.3) is 0 Å². The van der Waals surface area contributed by atoms with E-state index < -0.39 is 42.5 Å². The lowest BCUT2D eigenvalue weighted by atomic mass is 9.86. The van der Waals surface area contributed by atoms with Gasteiger partial charge >= 0.3 is 12.1 Å². The molecule has 0 aliphatic carbocycles. The largest absolute Gasteiger partial charge is 0.481 e. The second-order valence-corrected chi connectivity index (χ2v) is 4.43. The summed E-state index contributed by atoms with van der Waals surface area (Å²) in [5, 5.41) is 8.85. The zero-order valence-corrected chi connectivity index (χ0v) is 9.83. The number of primary amides is 1. The second kappa shape index (κ2) is 4.75. The van der Waals surface area contributed by atoms with Crippen LogP contribution in [0.2, 0.25) is 0 Å². The van der Waals surface area contributed by atoms with E-state index in [-0.39, 0.29) is 13.0 Å². The molecule has 0 saturated carbocycles. The van der Waals surface area contributed by atoms with Crippen molar-refractivity contribution >= 4 is 11.9 Å². The number of carboxylic acid groups (broad SMARTS) is 1. The van der Waals surface area contributed by atoms with Gasteiger partial charge < -0.3 is 10.8 Å². The maximum absolute atomic E-state index is 12.9. The van der Waals surface area contributed by atoms with Gasteiger partial charge in [0, 0.05) is 13.1 Å². The number of carbonyl (C=O) groups excluding carboxylic acids is 1. The first-order chi connectivity index (χ1) is 8.15. The lowest BCUT2D eigenvalue weighted by Gasteiger charge is -2.29. The van der Waals surface area contributed by atoms with Crippen molar-refractivity contribution in [2.24, 2.45) is 11.1 Å². The Morgan fingerprint density at radius 2 is 2.06 bits per heavy atom. The first-order valence-electron chi connectivity index (χ1n) is 5.49. The minimum atomic E-state index is -4.84. The molecule has 2 atom stereocenters. The number of hydrogen-bond acceptors (Lipinski definition) is 3. The molecule has 1 amide bonds. The first-order valence-corrected chi connectivity index (χ1v) is 5.49. The molecule has 104 valence electrons. The van der Waals surface area contributed by atoms with Crippen molar-refractivity contribution in [2.75, 3.05) is 13.1 Å². The van der Waals surface area contributed by atoms with Gasteiger partial charge in [-0.3, -0.25) is 14.5 Å². The van der Waals surface area contributed by atoms with Crippen LogP contribution >= 0.6 is 0 Å². The molecule has 1 aliphatic heterocycles. The first kappa shape index (κ1) is 14.7. The van der Waals surface area contributed by atoms with Crippen molar-refractivity contribution in [3.8, 4) is 0 Å². The van der Waals surface area contributed by atoms with Crippen LogP contribution in [0.25, 0.3) is 0 Å². The molecule has 18 heavy (non-hydrogen) atoms. The fraction of sp³-hybridized carbons (Fsp3) is 0.800. The summed E-state index contributed by atoms with van der Waals surface area (Å²) in [4.78, 5) is 23.2. The number of halogens is 3. The highest BCUT2D eigenvalue weighted by atomic mass is 19.4. The Kier molecular flexibility index (Phi) is 3.89. The molecule has 0 radical (unpaired) electrons. The number of nitrogens with zero attached hydrogens (tertiary/aromatic N) is 1. The normalized spacial score (nSPS) is 27.1. The van der Waals surface area contributed by atoms with Crippen molar-refractivity contribution in [1.29, 1.82) is 0 Å². The fourth-order valence-corrected chi connectivity index (χ4v) is 2.27. The van der Waals surface area contributed by atoms with Gasteiger partial charge in [0.15, 0.2) is 5.41 Å². The third-order valence-corrected chi connectivity index (χ3v) is 3.41. The lowest BCUT2D eigenvalue weighted by Crippen LogP contribution is -2.50. The molecule has 1 heterocycles. The monoisotopic (exact) mass is 268 g/mol. The van der Waals surface area contributed by atoms with E-state index in [1.165, 1.54) is 4.90 Å². The number of alkyl halides is 3. The predicted octanol–water partition coefficient (Wildman–Crippen LogP) is 0.589. The van der Waals surface area contributed by atoms with Crippen LogP contribution < -0.4 is 5.73 Å². The van der Waals surface area contributed by atoms with E-state index in [9.17, 15) is 22.8 Å². The van der Waals surface area contributed by atoms with E-state index in [1.54, 1.807) is 6.92 Å². The minimum absolute atomic E-state index is 0.104. The zero-order chi connectivity index (χ0) is 14.1. The summed E-state index contributed by atoms with van der Waals surface area (Å²) in [5.74, 6) is -2.64. The van der Waals surface area contributed by atoms with E-state index in [4.69, 9.17) is 10.8 Å². The molecular weight excluding hydrogens is 253 g/mol. The Balaban J connectivity index is 2.98. The van der Waals surface area contributed by atoms with Crippen molar-refractivity contribution in [3.05, 3.63) is 0 Å². The number of nitrogens with two attached hydrogens (primary N) is 1. The molecule has 0 aromatic heterocycles. The summed E-state index contributed by atoms with van der Waals surface area (Å²) in [5.41, 5.74) is 2.30. The van der Waals surface area contributed by atoms with Crippen LogP contribution in [0.3, 0.4) is 0 Å². The summed E-state index contributed by atoms with van der Waals surface area (Å²) in [7, 11) is 0. The van der Waals surface area contributed by atoms with Gasteiger partial charge in [-0.1, -0.05) is 6.92 Å². The third kappa shape index (κ3) is 2.29. The molecule has 1 aliphatic rings. The smallest absolute Gasteiger partial charge is 0.406 e. The van der Waals surface area contributed by atoms with Crippen LogP contribution in [0.4, 0.5) is 13.2 Å². The number of carboxylic acids is 1. The number of rotatable bonds is 4. The maximum Gasteiger partial charge on any atom is 0.406 e. The third-order valence-electron chi connectivity index (χ3n) is 3.41. The van der Waals surface area contributed by atoms with Gasteiger partial charge in [0.2, 0.25) is 5.91 Å². The maximum atomic E-state index is 12.9. The van der Waals surface area contributed by atoms with Crippen LogP contribution in [0, 0.1) is 5.41 Å². The molecule has 0 bridgehead atoms.